The van der Waals surface area contributed by atoms with Crippen LogP contribution in [0, 0.1) is 6.92 Å². The molecule has 0 saturated heterocycles. The third kappa shape index (κ3) is 3.91. The fourth-order valence-electron chi connectivity index (χ4n) is 2.55. The van der Waals surface area contributed by atoms with Crippen LogP contribution in [0.15, 0.2) is 18.2 Å². The minimum absolute atomic E-state index is 0.677. The van der Waals surface area contributed by atoms with Crippen molar-refractivity contribution in [1.82, 2.24) is 5.32 Å². The van der Waals surface area contributed by atoms with Gasteiger partial charge in [0.25, 0.3) is 0 Å². The van der Waals surface area contributed by atoms with Crippen LogP contribution in [0.3, 0.4) is 0 Å². The van der Waals surface area contributed by atoms with Crippen LogP contribution < -0.4 is 5.32 Å². The molecule has 0 radical (unpaired) electrons. The first-order valence-corrected chi connectivity index (χ1v) is 8.37. The second-order valence-corrected chi connectivity index (χ2v) is 6.73. The Morgan fingerprint density at radius 1 is 1.39 bits per heavy atom. The Kier molecular flexibility index (Phi) is 5.40. The smallest absolute Gasteiger partial charge is 0.0438 e. The second-order valence-electron chi connectivity index (χ2n) is 5.19. The summed E-state index contributed by atoms with van der Waals surface area (Å²) in [5, 5.41) is 5.40. The summed E-state index contributed by atoms with van der Waals surface area (Å²) in [5.74, 6) is 0. The molecule has 100 valence electrons. The maximum absolute atomic E-state index is 6.15. The number of halogens is 1. The maximum atomic E-state index is 6.15. The number of thioether (sulfide) groups is 1. The third-order valence-electron chi connectivity index (χ3n) is 3.79. The molecule has 2 atom stereocenters. The van der Waals surface area contributed by atoms with Crippen molar-refractivity contribution in [2.45, 2.75) is 50.4 Å². The highest BCUT2D eigenvalue weighted by molar-refractivity contribution is 7.99. The van der Waals surface area contributed by atoms with Gasteiger partial charge in [0.1, 0.15) is 0 Å². The molecule has 1 nitrogen and oxygen atoms in total. The largest absolute Gasteiger partial charge is 0.310 e. The zero-order valence-electron chi connectivity index (χ0n) is 11.2. The summed E-state index contributed by atoms with van der Waals surface area (Å²) in [7, 11) is 0. The van der Waals surface area contributed by atoms with Gasteiger partial charge in [-0.25, -0.2) is 0 Å². The molecule has 1 fully saturated rings. The highest BCUT2D eigenvalue weighted by atomic mass is 35.5. The molecule has 1 aliphatic carbocycles. The highest BCUT2D eigenvalue weighted by Crippen LogP contribution is 2.27. The molecule has 1 saturated carbocycles. The number of benzene rings is 1. The Morgan fingerprint density at radius 2 is 2.22 bits per heavy atom. The lowest BCUT2D eigenvalue weighted by Gasteiger charge is -2.28. The van der Waals surface area contributed by atoms with Gasteiger partial charge in [0.05, 0.1) is 0 Å². The van der Waals surface area contributed by atoms with Gasteiger partial charge in [-0.2, -0.15) is 11.8 Å². The average molecular weight is 284 g/mol. The van der Waals surface area contributed by atoms with E-state index in [1.807, 2.05) is 18.7 Å². The van der Waals surface area contributed by atoms with Gasteiger partial charge in [-0.15, -0.1) is 0 Å². The minimum atomic E-state index is 0.677. The number of aryl methyl sites for hydroxylation is 1. The first-order chi connectivity index (χ1) is 8.69. The predicted molar refractivity (Wildman–Crippen MR) is 82.6 cm³/mol. The molecule has 0 aliphatic heterocycles. The van der Waals surface area contributed by atoms with Gasteiger partial charge in [0.2, 0.25) is 0 Å². The van der Waals surface area contributed by atoms with Crippen LogP contribution in [-0.4, -0.2) is 17.5 Å². The van der Waals surface area contributed by atoms with Crippen LogP contribution in [0.5, 0.6) is 0 Å². The molecule has 1 aromatic carbocycles. The fraction of sp³-hybridized carbons (Fsp3) is 0.600. The molecule has 0 aromatic heterocycles. The zero-order chi connectivity index (χ0) is 13.0. The van der Waals surface area contributed by atoms with E-state index < -0.39 is 0 Å². The molecule has 1 aliphatic rings. The van der Waals surface area contributed by atoms with Crippen LogP contribution in [0.1, 0.15) is 36.8 Å². The highest BCUT2D eigenvalue weighted by Gasteiger charge is 2.20. The molecular formula is C15H22ClNS. The molecule has 2 unspecified atom stereocenters. The van der Waals surface area contributed by atoms with Crippen LogP contribution in [-0.2, 0) is 6.54 Å². The molecule has 1 N–H and O–H groups in total. The standard InChI is InChI=1S/C15H22ClNS/c1-11-6-7-12(8-15(11)16)10-17-13-4-3-5-14(9-13)18-2/h6-8,13-14,17H,3-5,9-10H2,1-2H3. The predicted octanol–water partition coefficient (Wildman–Crippen LogP) is 4.41. The van der Waals surface area contributed by atoms with Gasteiger partial charge in [0, 0.05) is 22.9 Å². The topological polar surface area (TPSA) is 12.0 Å². The quantitative estimate of drug-likeness (QED) is 0.878. The van der Waals surface area contributed by atoms with Crippen molar-refractivity contribution < 1.29 is 0 Å². The first-order valence-electron chi connectivity index (χ1n) is 6.70. The van der Waals surface area contributed by atoms with E-state index in [-0.39, 0.29) is 0 Å². The van der Waals surface area contributed by atoms with Crippen LogP contribution in [0.4, 0.5) is 0 Å². The monoisotopic (exact) mass is 283 g/mol. The van der Waals surface area contributed by atoms with E-state index in [0.717, 1.165) is 22.4 Å². The van der Waals surface area contributed by atoms with Crippen LogP contribution in [0.2, 0.25) is 5.02 Å². The van der Waals surface area contributed by atoms with Crippen molar-refractivity contribution >= 4 is 23.4 Å². The molecule has 0 heterocycles. The van der Waals surface area contributed by atoms with E-state index in [1.165, 1.54) is 31.2 Å². The van der Waals surface area contributed by atoms with Gasteiger partial charge in [-0.05, 0) is 49.6 Å². The summed E-state index contributed by atoms with van der Waals surface area (Å²) in [6, 6.07) is 7.03. The van der Waals surface area contributed by atoms with Gasteiger partial charge in [-0.1, -0.05) is 30.2 Å². The number of nitrogens with one attached hydrogen (secondary N) is 1. The maximum Gasteiger partial charge on any atom is 0.0438 e. The molecule has 0 amide bonds. The van der Waals surface area contributed by atoms with E-state index in [0.29, 0.717) is 6.04 Å². The summed E-state index contributed by atoms with van der Waals surface area (Å²) in [6.07, 6.45) is 7.59. The van der Waals surface area contributed by atoms with Crippen molar-refractivity contribution in [3.63, 3.8) is 0 Å². The lowest BCUT2D eigenvalue weighted by atomic mass is 9.95. The lowest BCUT2D eigenvalue weighted by Crippen LogP contribution is -2.34. The number of hydrogen-bond acceptors (Lipinski definition) is 2. The Morgan fingerprint density at radius 3 is 2.94 bits per heavy atom. The normalized spacial score (nSPS) is 24.2. The SMILES string of the molecule is CSC1CCCC(NCc2ccc(C)c(Cl)c2)C1. The summed E-state index contributed by atoms with van der Waals surface area (Å²) < 4.78 is 0. The lowest BCUT2D eigenvalue weighted by molar-refractivity contribution is 0.380. The van der Waals surface area contributed by atoms with Gasteiger partial charge in [0.15, 0.2) is 0 Å². The van der Waals surface area contributed by atoms with Crippen LogP contribution >= 0.6 is 23.4 Å². The molecule has 3 heteroatoms. The molecule has 1 aromatic rings. The van der Waals surface area contributed by atoms with Crippen LogP contribution in [0.25, 0.3) is 0 Å². The van der Waals surface area contributed by atoms with E-state index in [1.54, 1.807) is 0 Å². The molecule has 18 heavy (non-hydrogen) atoms. The summed E-state index contributed by atoms with van der Waals surface area (Å²) in [5.41, 5.74) is 2.44. The Hall–Kier alpha value is -0.180. The van der Waals surface area contributed by atoms with Crippen molar-refractivity contribution in [1.29, 1.82) is 0 Å². The van der Waals surface area contributed by atoms with Gasteiger partial charge < -0.3 is 5.32 Å². The van der Waals surface area contributed by atoms with Gasteiger partial charge in [-0.3, -0.25) is 0 Å². The van der Waals surface area contributed by atoms with E-state index in [9.17, 15) is 0 Å². The van der Waals surface area contributed by atoms with Crippen molar-refractivity contribution in [3.8, 4) is 0 Å². The van der Waals surface area contributed by atoms with Crippen molar-refractivity contribution in [2.24, 2.45) is 0 Å². The van der Waals surface area contributed by atoms with Crippen molar-refractivity contribution in [3.05, 3.63) is 34.3 Å². The van der Waals surface area contributed by atoms with Gasteiger partial charge >= 0.3 is 0 Å². The Labute approximate surface area is 120 Å². The number of hydrogen-bond donors (Lipinski definition) is 1. The molecule has 0 bridgehead atoms. The second kappa shape index (κ2) is 6.83. The fourth-order valence-corrected chi connectivity index (χ4v) is 3.58. The molecular weight excluding hydrogens is 262 g/mol. The summed E-state index contributed by atoms with van der Waals surface area (Å²) in [4.78, 5) is 0. The molecule has 0 spiro atoms. The van der Waals surface area contributed by atoms with E-state index in [4.69, 9.17) is 11.6 Å². The molecule has 2 rings (SSSR count). The average Bonchev–Trinajstić information content (AvgIpc) is 2.40. The Balaban J connectivity index is 1.85. The third-order valence-corrected chi connectivity index (χ3v) is 5.29. The summed E-state index contributed by atoms with van der Waals surface area (Å²) in [6.45, 7) is 2.98. The Bertz CT molecular complexity index is 394. The minimum Gasteiger partial charge on any atom is -0.310 e. The van der Waals surface area contributed by atoms with Crippen molar-refractivity contribution in [2.75, 3.05) is 6.26 Å². The zero-order valence-corrected chi connectivity index (χ0v) is 12.8. The summed E-state index contributed by atoms with van der Waals surface area (Å²) >= 11 is 8.16. The first kappa shape index (κ1) is 14.2. The number of rotatable bonds is 4. The van der Waals surface area contributed by atoms with E-state index in [2.05, 4.69) is 29.8 Å². The van der Waals surface area contributed by atoms with E-state index >= 15 is 0 Å².